The molecule has 2 heterocycles. The summed E-state index contributed by atoms with van der Waals surface area (Å²) in [5.41, 5.74) is 1.96. The number of ether oxygens (including phenoxy) is 1. The van der Waals surface area contributed by atoms with Crippen molar-refractivity contribution in [2.75, 3.05) is 7.11 Å². The van der Waals surface area contributed by atoms with Crippen molar-refractivity contribution in [2.45, 2.75) is 23.9 Å². The van der Waals surface area contributed by atoms with Crippen LogP contribution in [0, 0.1) is 0 Å². The summed E-state index contributed by atoms with van der Waals surface area (Å²) in [6, 6.07) is 14.5. The molecule has 3 aromatic rings. The van der Waals surface area contributed by atoms with E-state index in [0.717, 1.165) is 17.0 Å². The number of hydrogen-bond donors (Lipinski definition) is 2. The van der Waals surface area contributed by atoms with Crippen LogP contribution in [0.4, 0.5) is 0 Å². The van der Waals surface area contributed by atoms with Gasteiger partial charge in [0.25, 0.3) is 5.56 Å². The Bertz CT molecular complexity index is 992. The van der Waals surface area contributed by atoms with E-state index in [9.17, 15) is 9.59 Å². The Balaban J connectivity index is 1.59. The summed E-state index contributed by atoms with van der Waals surface area (Å²) in [5.74, 6) is 1.18. The van der Waals surface area contributed by atoms with Crippen LogP contribution in [0.15, 0.2) is 64.7 Å². The summed E-state index contributed by atoms with van der Waals surface area (Å²) >= 11 is 1.39. The molecular weight excluding hydrogens is 376 g/mol. The molecule has 1 aromatic carbocycles. The van der Waals surface area contributed by atoms with E-state index in [2.05, 4.69) is 20.3 Å². The first kappa shape index (κ1) is 19.6. The van der Waals surface area contributed by atoms with Crippen molar-refractivity contribution in [1.29, 1.82) is 0 Å². The number of pyridine rings is 1. The van der Waals surface area contributed by atoms with Gasteiger partial charge in [-0.15, -0.1) is 0 Å². The SMILES string of the molecule is COc1cccc(CSc2nc(CC(=O)NCc3ccccn3)cc(=O)[nH]2)c1. The number of carbonyl (C=O) groups is 1. The van der Waals surface area contributed by atoms with Crippen LogP contribution in [-0.2, 0) is 23.5 Å². The van der Waals surface area contributed by atoms with E-state index in [1.165, 1.54) is 17.8 Å². The number of methoxy groups -OCH3 is 1. The molecule has 0 aliphatic heterocycles. The second kappa shape index (κ2) is 9.70. The fourth-order valence-electron chi connectivity index (χ4n) is 2.48. The molecule has 0 aliphatic carbocycles. The van der Waals surface area contributed by atoms with Gasteiger partial charge in [-0.2, -0.15) is 0 Å². The van der Waals surface area contributed by atoms with Crippen LogP contribution < -0.4 is 15.6 Å². The molecule has 2 aromatic heterocycles. The monoisotopic (exact) mass is 396 g/mol. The third kappa shape index (κ3) is 5.95. The second-order valence-electron chi connectivity index (χ2n) is 5.96. The van der Waals surface area contributed by atoms with Gasteiger partial charge in [-0.25, -0.2) is 4.98 Å². The van der Waals surface area contributed by atoms with Gasteiger partial charge in [0.1, 0.15) is 5.75 Å². The summed E-state index contributed by atoms with van der Waals surface area (Å²) in [6.07, 6.45) is 1.70. The minimum Gasteiger partial charge on any atom is -0.497 e. The van der Waals surface area contributed by atoms with Crippen LogP contribution in [0.5, 0.6) is 5.75 Å². The number of H-pyrrole nitrogens is 1. The van der Waals surface area contributed by atoms with E-state index >= 15 is 0 Å². The lowest BCUT2D eigenvalue weighted by molar-refractivity contribution is -0.120. The van der Waals surface area contributed by atoms with Crippen molar-refractivity contribution in [3.05, 3.63) is 82.0 Å². The highest BCUT2D eigenvalue weighted by atomic mass is 32.2. The average Bonchev–Trinajstić information content (AvgIpc) is 2.71. The van der Waals surface area contributed by atoms with Gasteiger partial charge in [-0.05, 0) is 29.8 Å². The molecule has 2 N–H and O–H groups in total. The van der Waals surface area contributed by atoms with Gasteiger partial charge in [0, 0.05) is 18.0 Å². The number of nitrogens with one attached hydrogen (secondary N) is 2. The normalized spacial score (nSPS) is 10.5. The molecule has 28 heavy (non-hydrogen) atoms. The van der Waals surface area contributed by atoms with Crippen molar-refractivity contribution in [3.63, 3.8) is 0 Å². The maximum atomic E-state index is 12.1. The van der Waals surface area contributed by atoms with Crippen molar-refractivity contribution in [2.24, 2.45) is 0 Å². The lowest BCUT2D eigenvalue weighted by atomic mass is 10.2. The number of aromatic nitrogens is 3. The van der Waals surface area contributed by atoms with Gasteiger partial charge >= 0.3 is 0 Å². The molecule has 0 aliphatic rings. The molecule has 7 nitrogen and oxygen atoms in total. The number of amides is 1. The van der Waals surface area contributed by atoms with Crippen molar-refractivity contribution in [1.82, 2.24) is 20.3 Å². The first-order chi connectivity index (χ1) is 13.6. The zero-order valence-electron chi connectivity index (χ0n) is 15.3. The van der Waals surface area contributed by atoms with Gasteiger partial charge in [-0.1, -0.05) is 30.0 Å². The van der Waals surface area contributed by atoms with E-state index in [1.54, 1.807) is 13.3 Å². The molecule has 0 bridgehead atoms. The van der Waals surface area contributed by atoms with Crippen molar-refractivity contribution >= 4 is 17.7 Å². The maximum absolute atomic E-state index is 12.1. The predicted octanol–water partition coefficient (Wildman–Crippen LogP) is 2.32. The summed E-state index contributed by atoms with van der Waals surface area (Å²) < 4.78 is 5.21. The predicted molar refractivity (Wildman–Crippen MR) is 107 cm³/mol. The van der Waals surface area contributed by atoms with Crippen LogP contribution in [0.25, 0.3) is 0 Å². The summed E-state index contributed by atoms with van der Waals surface area (Å²) in [7, 11) is 1.62. The Kier molecular flexibility index (Phi) is 6.80. The van der Waals surface area contributed by atoms with Gasteiger partial charge in [-0.3, -0.25) is 14.6 Å². The van der Waals surface area contributed by atoms with Crippen LogP contribution in [0.2, 0.25) is 0 Å². The van der Waals surface area contributed by atoms with Crippen LogP contribution in [0.1, 0.15) is 17.0 Å². The van der Waals surface area contributed by atoms with E-state index < -0.39 is 0 Å². The topological polar surface area (TPSA) is 97.0 Å². The minimum atomic E-state index is -0.282. The van der Waals surface area contributed by atoms with Crippen LogP contribution in [0.3, 0.4) is 0 Å². The van der Waals surface area contributed by atoms with Crippen molar-refractivity contribution in [3.8, 4) is 5.75 Å². The molecule has 8 heteroatoms. The molecule has 0 unspecified atom stereocenters. The molecule has 0 spiro atoms. The van der Waals surface area contributed by atoms with E-state index in [0.29, 0.717) is 23.1 Å². The van der Waals surface area contributed by atoms with Gasteiger partial charge in [0.2, 0.25) is 5.91 Å². The third-order valence-corrected chi connectivity index (χ3v) is 4.76. The molecular formula is C20H20N4O3S. The largest absolute Gasteiger partial charge is 0.497 e. The molecule has 0 atom stereocenters. The minimum absolute atomic E-state index is 0.0312. The second-order valence-corrected chi connectivity index (χ2v) is 6.92. The van der Waals surface area contributed by atoms with Crippen LogP contribution in [-0.4, -0.2) is 28.0 Å². The fourth-order valence-corrected chi connectivity index (χ4v) is 3.31. The van der Waals surface area contributed by atoms with Crippen molar-refractivity contribution < 1.29 is 9.53 Å². The Morgan fingerprint density at radius 2 is 2.07 bits per heavy atom. The first-order valence-electron chi connectivity index (χ1n) is 8.65. The number of benzene rings is 1. The maximum Gasteiger partial charge on any atom is 0.251 e. The smallest absolute Gasteiger partial charge is 0.251 e. The average molecular weight is 396 g/mol. The number of aromatic amines is 1. The zero-order chi connectivity index (χ0) is 19.8. The summed E-state index contributed by atoms with van der Waals surface area (Å²) in [5, 5.41) is 3.26. The lowest BCUT2D eigenvalue weighted by Gasteiger charge is -2.07. The molecule has 0 fully saturated rings. The highest BCUT2D eigenvalue weighted by Crippen LogP contribution is 2.21. The summed E-state index contributed by atoms with van der Waals surface area (Å²) in [6.45, 7) is 0.334. The van der Waals surface area contributed by atoms with E-state index in [-0.39, 0.29) is 17.9 Å². The van der Waals surface area contributed by atoms with E-state index in [1.807, 2.05) is 42.5 Å². The Hall–Kier alpha value is -3.13. The summed E-state index contributed by atoms with van der Waals surface area (Å²) in [4.78, 5) is 35.3. The Morgan fingerprint density at radius 3 is 2.86 bits per heavy atom. The fraction of sp³-hybridized carbons (Fsp3) is 0.200. The van der Waals surface area contributed by atoms with Gasteiger partial charge in [0.15, 0.2) is 5.16 Å². The quantitative estimate of drug-likeness (QED) is 0.448. The highest BCUT2D eigenvalue weighted by Gasteiger charge is 2.09. The number of rotatable bonds is 8. The van der Waals surface area contributed by atoms with Gasteiger partial charge in [0.05, 0.1) is 31.5 Å². The van der Waals surface area contributed by atoms with Gasteiger partial charge < -0.3 is 15.0 Å². The number of thioether (sulfide) groups is 1. The standard InChI is InChI=1S/C20H20N4O3S/c1-27-17-7-4-5-14(9-17)13-28-20-23-16(11-19(26)24-20)10-18(25)22-12-15-6-2-3-8-21-15/h2-9,11H,10,12-13H2,1H3,(H,22,25)(H,23,24,26). The first-order valence-corrected chi connectivity index (χ1v) is 9.63. The van der Waals surface area contributed by atoms with E-state index in [4.69, 9.17) is 4.74 Å². The molecule has 0 saturated heterocycles. The third-order valence-electron chi connectivity index (χ3n) is 3.82. The molecule has 144 valence electrons. The number of carbonyl (C=O) groups excluding carboxylic acids is 1. The Morgan fingerprint density at radius 1 is 1.18 bits per heavy atom. The highest BCUT2D eigenvalue weighted by molar-refractivity contribution is 7.98. The number of hydrogen-bond acceptors (Lipinski definition) is 6. The molecule has 0 radical (unpaired) electrons. The Labute approximate surface area is 166 Å². The lowest BCUT2D eigenvalue weighted by Crippen LogP contribution is -2.26. The molecule has 3 rings (SSSR count). The molecule has 0 saturated carbocycles. The van der Waals surface area contributed by atoms with Crippen LogP contribution >= 0.6 is 11.8 Å². The molecule has 1 amide bonds. The number of nitrogens with zero attached hydrogens (tertiary/aromatic N) is 2. The zero-order valence-corrected chi connectivity index (χ0v) is 16.2.